The number of aliphatic hydroxyl groups is 2. The summed E-state index contributed by atoms with van der Waals surface area (Å²) in [6.45, 7) is 5.35. The summed E-state index contributed by atoms with van der Waals surface area (Å²) in [6.07, 6.45) is -0.839. The van der Waals surface area contributed by atoms with Gasteiger partial charge in [-0.2, -0.15) is 0 Å². The van der Waals surface area contributed by atoms with Crippen LogP contribution >= 0.6 is 11.6 Å². The highest BCUT2D eigenvalue weighted by atomic mass is 35.5. The zero-order chi connectivity index (χ0) is 30.9. The molecule has 1 amide bonds. The molecule has 0 heterocycles. The van der Waals surface area contributed by atoms with Gasteiger partial charge in [-0.15, -0.1) is 0 Å². The Kier molecular flexibility index (Phi) is 11.5. The van der Waals surface area contributed by atoms with Crippen LogP contribution in [0.4, 0.5) is 4.79 Å². The van der Waals surface area contributed by atoms with Crippen LogP contribution < -0.4 is 4.74 Å². The molecule has 3 aromatic rings. The molecular formula is C31H36ClNO8S. The molecule has 1 unspecified atom stereocenters. The average molecular weight is 618 g/mol. The van der Waals surface area contributed by atoms with Crippen LogP contribution in [0, 0.1) is 0 Å². The third-order valence-corrected chi connectivity index (χ3v) is 8.11. The van der Waals surface area contributed by atoms with E-state index in [2.05, 4.69) is 0 Å². The van der Waals surface area contributed by atoms with Gasteiger partial charge in [0, 0.05) is 24.6 Å². The number of benzene rings is 3. The summed E-state index contributed by atoms with van der Waals surface area (Å²) in [4.78, 5) is 26.2. The highest BCUT2D eigenvalue weighted by Gasteiger charge is 2.25. The first-order valence-corrected chi connectivity index (χ1v) is 15.3. The Morgan fingerprint density at radius 1 is 0.976 bits per heavy atom. The number of sulfone groups is 1. The topological polar surface area (TPSA) is 130 Å². The number of hydrogen-bond donors (Lipinski definition) is 2. The van der Waals surface area contributed by atoms with Gasteiger partial charge in [0.05, 0.1) is 22.4 Å². The number of hydrogen-bond acceptors (Lipinski definition) is 8. The molecule has 0 aliphatic rings. The highest BCUT2D eigenvalue weighted by molar-refractivity contribution is 7.91. The Morgan fingerprint density at radius 2 is 1.60 bits per heavy atom. The summed E-state index contributed by atoms with van der Waals surface area (Å²) >= 11 is 6.06. The van der Waals surface area contributed by atoms with Crippen molar-refractivity contribution in [3.05, 3.63) is 88.9 Å². The van der Waals surface area contributed by atoms with E-state index < -0.39 is 33.6 Å². The molecule has 0 aliphatic heterocycles. The van der Waals surface area contributed by atoms with E-state index in [1.165, 1.54) is 41.3 Å². The Labute approximate surface area is 251 Å². The fourth-order valence-electron chi connectivity index (χ4n) is 3.94. The van der Waals surface area contributed by atoms with Crippen LogP contribution in [0.1, 0.15) is 50.8 Å². The number of ether oxygens (including phenoxy) is 2. The Morgan fingerprint density at radius 3 is 2.17 bits per heavy atom. The van der Waals surface area contributed by atoms with Crippen LogP contribution in [-0.2, 0) is 25.8 Å². The largest absolute Gasteiger partial charge is 0.444 e. The van der Waals surface area contributed by atoms with Gasteiger partial charge >= 0.3 is 12.1 Å². The van der Waals surface area contributed by atoms with Crippen LogP contribution in [0.5, 0.6) is 5.75 Å². The number of rotatable bonds is 12. The van der Waals surface area contributed by atoms with Gasteiger partial charge in [-0.1, -0.05) is 35.9 Å². The third-order valence-electron chi connectivity index (χ3n) is 6.09. The molecule has 2 N–H and O–H groups in total. The Balaban J connectivity index is 1.69. The van der Waals surface area contributed by atoms with Crippen molar-refractivity contribution >= 4 is 33.5 Å². The van der Waals surface area contributed by atoms with Gasteiger partial charge in [0.15, 0.2) is 0 Å². The summed E-state index contributed by atoms with van der Waals surface area (Å²) in [5, 5.41) is 20.1. The second-order valence-electron chi connectivity index (χ2n) is 10.7. The van der Waals surface area contributed by atoms with Crippen molar-refractivity contribution in [1.29, 1.82) is 0 Å². The number of aliphatic hydroxyl groups excluding tert-OH is 2. The molecule has 0 aliphatic carbocycles. The second kappa shape index (κ2) is 14.6. The summed E-state index contributed by atoms with van der Waals surface area (Å²) < 4.78 is 37.0. The molecule has 11 heteroatoms. The first-order chi connectivity index (χ1) is 19.8. The van der Waals surface area contributed by atoms with E-state index in [9.17, 15) is 23.1 Å². The first-order valence-electron chi connectivity index (χ1n) is 13.5. The second-order valence-corrected chi connectivity index (χ2v) is 13.1. The minimum Gasteiger partial charge on any atom is -0.444 e. The number of carbonyl (C=O) groups is 2. The molecule has 42 heavy (non-hydrogen) atoms. The predicted molar refractivity (Wildman–Crippen MR) is 158 cm³/mol. The molecule has 0 fully saturated rings. The maximum absolute atomic E-state index is 13.1. The zero-order valence-corrected chi connectivity index (χ0v) is 25.4. The predicted octanol–water partition coefficient (Wildman–Crippen LogP) is 5.36. The van der Waals surface area contributed by atoms with E-state index in [-0.39, 0.29) is 48.1 Å². The van der Waals surface area contributed by atoms with Crippen molar-refractivity contribution in [1.82, 2.24) is 4.90 Å². The molecule has 3 rings (SSSR count). The van der Waals surface area contributed by atoms with Crippen molar-refractivity contribution in [2.75, 3.05) is 19.7 Å². The van der Waals surface area contributed by atoms with Gasteiger partial charge in [-0.3, -0.25) is 4.79 Å². The van der Waals surface area contributed by atoms with Crippen LogP contribution in [0.25, 0.3) is 0 Å². The van der Waals surface area contributed by atoms with Crippen molar-refractivity contribution in [3.63, 3.8) is 0 Å². The molecule has 0 radical (unpaired) electrons. The van der Waals surface area contributed by atoms with Gasteiger partial charge in [-0.05, 0) is 93.3 Å². The van der Waals surface area contributed by atoms with Crippen LogP contribution in [0.15, 0.2) is 82.6 Å². The lowest BCUT2D eigenvalue weighted by atomic mass is 10.1. The minimum atomic E-state index is -3.83. The van der Waals surface area contributed by atoms with Gasteiger partial charge < -0.3 is 24.6 Å². The quantitative estimate of drug-likeness (QED) is 0.205. The molecule has 0 saturated heterocycles. The number of amides is 1. The highest BCUT2D eigenvalue weighted by Crippen LogP contribution is 2.25. The molecule has 226 valence electrons. The van der Waals surface area contributed by atoms with E-state index >= 15 is 0 Å². The van der Waals surface area contributed by atoms with Gasteiger partial charge in [0.25, 0.3) is 0 Å². The molecule has 0 aromatic heterocycles. The zero-order valence-electron chi connectivity index (χ0n) is 23.8. The molecule has 0 saturated carbocycles. The molecule has 0 spiro atoms. The summed E-state index contributed by atoms with van der Waals surface area (Å²) in [6, 6.07) is 18.6. The molecule has 1 atom stereocenters. The number of halogens is 1. The van der Waals surface area contributed by atoms with Crippen LogP contribution in [0.2, 0.25) is 5.02 Å². The van der Waals surface area contributed by atoms with E-state index in [1.54, 1.807) is 57.2 Å². The standard InChI is InChI=1S/C31H36ClNO8S/c1-31(2,3)41-30(37)33(21-28(35)23-6-4-7-24(32)20-23)18-17-22-9-13-26(14-10-22)42(38,39)27-15-11-25(12-16-27)40-29(36)8-5-19-34/h4,6-7,9-16,20,28,34-35H,5,8,17-19,21H2,1-3H3. The maximum Gasteiger partial charge on any atom is 0.410 e. The van der Waals surface area contributed by atoms with Gasteiger partial charge in [0.2, 0.25) is 9.84 Å². The summed E-state index contributed by atoms with van der Waals surface area (Å²) in [5.74, 6) is -0.304. The monoisotopic (exact) mass is 617 g/mol. The normalized spacial score (nSPS) is 12.4. The summed E-state index contributed by atoms with van der Waals surface area (Å²) in [5.41, 5.74) is 0.620. The van der Waals surface area contributed by atoms with Gasteiger partial charge in [0.1, 0.15) is 11.4 Å². The maximum atomic E-state index is 13.1. The Bertz CT molecular complexity index is 1450. The van der Waals surface area contributed by atoms with Gasteiger partial charge in [-0.25, -0.2) is 13.2 Å². The third kappa shape index (κ3) is 9.84. The fourth-order valence-corrected chi connectivity index (χ4v) is 5.40. The van der Waals surface area contributed by atoms with Crippen molar-refractivity contribution in [2.45, 2.75) is 61.5 Å². The molecule has 0 bridgehead atoms. The lowest BCUT2D eigenvalue weighted by Crippen LogP contribution is -2.40. The Hall–Kier alpha value is -3.44. The molecule has 9 nitrogen and oxygen atoms in total. The minimum absolute atomic E-state index is 0.0194. The summed E-state index contributed by atoms with van der Waals surface area (Å²) in [7, 11) is -3.83. The average Bonchev–Trinajstić information content (AvgIpc) is 2.93. The first kappa shape index (κ1) is 33.1. The van der Waals surface area contributed by atoms with E-state index in [1.807, 2.05) is 0 Å². The number of carbonyl (C=O) groups excluding carboxylic acids is 2. The van der Waals surface area contributed by atoms with Crippen molar-refractivity contribution in [3.8, 4) is 5.75 Å². The van der Waals surface area contributed by atoms with Crippen LogP contribution in [-0.4, -0.2) is 60.9 Å². The van der Waals surface area contributed by atoms with Crippen molar-refractivity contribution in [2.24, 2.45) is 0 Å². The fraction of sp³-hybridized carbons (Fsp3) is 0.355. The van der Waals surface area contributed by atoms with E-state index in [0.29, 0.717) is 17.0 Å². The number of nitrogens with zero attached hydrogens (tertiary/aromatic N) is 1. The molecular weight excluding hydrogens is 582 g/mol. The molecule has 3 aromatic carbocycles. The van der Waals surface area contributed by atoms with Crippen LogP contribution in [0.3, 0.4) is 0 Å². The lowest BCUT2D eigenvalue weighted by molar-refractivity contribution is -0.134. The smallest absolute Gasteiger partial charge is 0.410 e. The van der Waals surface area contributed by atoms with Crippen molar-refractivity contribution < 1.29 is 37.7 Å². The number of esters is 1. The lowest BCUT2D eigenvalue weighted by Gasteiger charge is -2.29. The van der Waals surface area contributed by atoms with E-state index in [0.717, 1.165) is 5.56 Å². The SMILES string of the molecule is CC(C)(C)OC(=O)N(CCc1ccc(S(=O)(=O)c2ccc(OC(=O)CCCO)cc2)cc1)CC(O)c1cccc(Cl)c1. The van der Waals surface area contributed by atoms with E-state index in [4.69, 9.17) is 26.2 Å².